The Kier molecular flexibility index (Phi) is 3.57. The molecule has 3 aromatic rings. The van der Waals surface area contributed by atoms with Gasteiger partial charge in [0, 0.05) is 6.42 Å². The van der Waals surface area contributed by atoms with Crippen LogP contribution in [0.4, 0.5) is 10.2 Å². The van der Waals surface area contributed by atoms with Crippen molar-refractivity contribution in [3.05, 3.63) is 41.5 Å². The number of anilines is 1. The van der Waals surface area contributed by atoms with Gasteiger partial charge in [-0.1, -0.05) is 0 Å². The van der Waals surface area contributed by atoms with E-state index < -0.39 is 0 Å². The quantitative estimate of drug-likeness (QED) is 0.669. The highest BCUT2D eigenvalue weighted by Gasteiger charge is 2.17. The maximum Gasteiger partial charge on any atom is 0.157 e. The van der Waals surface area contributed by atoms with Crippen LogP contribution in [-0.4, -0.2) is 21.5 Å². The second kappa shape index (κ2) is 5.53. The molecule has 0 aliphatic heterocycles. The van der Waals surface area contributed by atoms with Gasteiger partial charge in [0.05, 0.1) is 23.9 Å². The lowest BCUT2D eigenvalue weighted by molar-refractivity contribution is 0.518. The first-order valence-corrected chi connectivity index (χ1v) is 6.70. The molecular weight excluding hydrogens is 273 g/mol. The minimum absolute atomic E-state index is 0.350. The van der Waals surface area contributed by atoms with Crippen LogP contribution in [0.3, 0.4) is 0 Å². The van der Waals surface area contributed by atoms with E-state index >= 15 is 0 Å². The average molecular weight is 289 g/mol. The number of rotatable bonds is 5. The third kappa shape index (κ3) is 2.59. The summed E-state index contributed by atoms with van der Waals surface area (Å²) >= 11 is 0. The van der Waals surface area contributed by atoms with E-state index in [9.17, 15) is 4.39 Å². The molecule has 3 rings (SSSR count). The summed E-state index contributed by atoms with van der Waals surface area (Å²) in [5.74, 6) is 1.41. The summed E-state index contributed by atoms with van der Waals surface area (Å²) in [5.41, 5.74) is 6.42. The lowest BCUT2D eigenvalue weighted by atomic mass is 10.2. The highest BCUT2D eigenvalue weighted by Crippen LogP contribution is 2.26. The molecule has 0 atom stereocenters. The van der Waals surface area contributed by atoms with Gasteiger partial charge in [0.15, 0.2) is 5.82 Å². The average Bonchev–Trinajstić information content (AvgIpc) is 3.06. The van der Waals surface area contributed by atoms with Crippen LogP contribution in [0.15, 0.2) is 22.8 Å². The fraction of sp³-hybridized carbons (Fsp3) is 0.286. The maximum atomic E-state index is 14.4. The number of fused-ring (bicyclic) bond motifs is 1. The van der Waals surface area contributed by atoms with Gasteiger partial charge in [0.2, 0.25) is 0 Å². The van der Waals surface area contributed by atoms with Crippen LogP contribution in [0, 0.1) is 12.7 Å². The highest BCUT2D eigenvalue weighted by atomic mass is 19.1. The fourth-order valence-electron chi connectivity index (χ4n) is 2.25. The molecular formula is C14H16FN5O. The number of nitrogens with zero attached hydrogens (tertiary/aromatic N) is 2. The molecule has 0 bridgehead atoms. The van der Waals surface area contributed by atoms with Gasteiger partial charge < -0.3 is 20.5 Å². The largest absolute Gasteiger partial charge is 0.467 e. The van der Waals surface area contributed by atoms with E-state index in [1.807, 2.05) is 6.07 Å². The minimum atomic E-state index is -0.350. The third-order valence-corrected chi connectivity index (χ3v) is 3.18. The summed E-state index contributed by atoms with van der Waals surface area (Å²) in [6, 6.07) is 3.64. The Bertz CT molecular complexity index is 750. The first kappa shape index (κ1) is 13.6. The van der Waals surface area contributed by atoms with Gasteiger partial charge >= 0.3 is 0 Å². The summed E-state index contributed by atoms with van der Waals surface area (Å²) < 4.78 is 19.7. The van der Waals surface area contributed by atoms with Crippen molar-refractivity contribution in [2.75, 3.05) is 11.9 Å². The lowest BCUT2D eigenvalue weighted by Crippen LogP contribution is -2.04. The van der Waals surface area contributed by atoms with Crippen molar-refractivity contribution in [2.45, 2.75) is 19.9 Å². The summed E-state index contributed by atoms with van der Waals surface area (Å²) in [7, 11) is 0. The normalized spacial score (nSPS) is 11.2. The van der Waals surface area contributed by atoms with E-state index in [4.69, 9.17) is 10.2 Å². The molecule has 0 amide bonds. The SMILES string of the molecule is Cc1nc(NCc2ccco2)c2c(F)c(CCN)[nH]c2n1. The summed E-state index contributed by atoms with van der Waals surface area (Å²) in [6.45, 7) is 2.56. The third-order valence-electron chi connectivity index (χ3n) is 3.18. The van der Waals surface area contributed by atoms with Crippen molar-refractivity contribution in [2.24, 2.45) is 5.73 Å². The number of nitrogens with one attached hydrogen (secondary N) is 2. The number of halogens is 1. The number of nitrogens with two attached hydrogens (primary N) is 1. The van der Waals surface area contributed by atoms with Gasteiger partial charge in [0.25, 0.3) is 0 Å². The second-order valence-corrected chi connectivity index (χ2v) is 4.73. The molecule has 0 aliphatic rings. The zero-order valence-corrected chi connectivity index (χ0v) is 11.6. The molecule has 0 spiro atoms. The molecule has 7 heteroatoms. The number of H-pyrrole nitrogens is 1. The summed E-state index contributed by atoms with van der Waals surface area (Å²) in [4.78, 5) is 11.5. The Labute approximate surface area is 120 Å². The molecule has 0 radical (unpaired) electrons. The van der Waals surface area contributed by atoms with Gasteiger partial charge in [0.1, 0.15) is 23.0 Å². The van der Waals surface area contributed by atoms with E-state index in [-0.39, 0.29) is 5.82 Å². The van der Waals surface area contributed by atoms with Crippen molar-refractivity contribution in [3.8, 4) is 0 Å². The number of aryl methyl sites for hydroxylation is 1. The van der Waals surface area contributed by atoms with Crippen molar-refractivity contribution < 1.29 is 8.81 Å². The van der Waals surface area contributed by atoms with Crippen LogP contribution in [-0.2, 0) is 13.0 Å². The van der Waals surface area contributed by atoms with Crippen LogP contribution in [0.25, 0.3) is 11.0 Å². The molecule has 0 fully saturated rings. The second-order valence-electron chi connectivity index (χ2n) is 4.73. The van der Waals surface area contributed by atoms with Crippen LogP contribution in [0.5, 0.6) is 0 Å². The molecule has 3 heterocycles. The van der Waals surface area contributed by atoms with Crippen molar-refractivity contribution >= 4 is 16.9 Å². The Morgan fingerprint density at radius 2 is 2.29 bits per heavy atom. The zero-order chi connectivity index (χ0) is 14.8. The standard InChI is InChI=1S/C14H16FN5O/c1-8-18-13(17-7-9-3-2-6-21-9)11-12(15)10(4-5-16)20-14(11)19-8/h2-3,6H,4-5,7,16H2,1H3,(H2,17,18,19,20). The van der Waals surface area contributed by atoms with Crippen LogP contribution in [0.1, 0.15) is 17.3 Å². The van der Waals surface area contributed by atoms with E-state index in [0.717, 1.165) is 5.76 Å². The van der Waals surface area contributed by atoms with Gasteiger partial charge in [-0.15, -0.1) is 0 Å². The number of hydrogen-bond donors (Lipinski definition) is 3. The van der Waals surface area contributed by atoms with E-state index in [0.29, 0.717) is 47.9 Å². The van der Waals surface area contributed by atoms with Crippen molar-refractivity contribution in [3.63, 3.8) is 0 Å². The molecule has 21 heavy (non-hydrogen) atoms. The lowest BCUT2D eigenvalue weighted by Gasteiger charge is -2.06. The Morgan fingerprint density at radius 3 is 3.00 bits per heavy atom. The molecule has 0 unspecified atom stereocenters. The Morgan fingerprint density at radius 1 is 1.43 bits per heavy atom. The number of aromatic nitrogens is 3. The first-order chi connectivity index (χ1) is 10.2. The topological polar surface area (TPSA) is 92.8 Å². The zero-order valence-electron chi connectivity index (χ0n) is 11.6. The smallest absolute Gasteiger partial charge is 0.157 e. The Hall–Kier alpha value is -2.41. The molecule has 3 aromatic heterocycles. The predicted molar refractivity (Wildman–Crippen MR) is 77.4 cm³/mol. The van der Waals surface area contributed by atoms with E-state index in [1.165, 1.54) is 0 Å². The van der Waals surface area contributed by atoms with Crippen LogP contribution in [0.2, 0.25) is 0 Å². The van der Waals surface area contributed by atoms with Gasteiger partial charge in [-0.3, -0.25) is 0 Å². The summed E-state index contributed by atoms with van der Waals surface area (Å²) in [6.07, 6.45) is 2.02. The monoisotopic (exact) mass is 289 g/mol. The van der Waals surface area contributed by atoms with Gasteiger partial charge in [-0.25, -0.2) is 14.4 Å². The molecule has 0 aromatic carbocycles. The molecule has 4 N–H and O–H groups in total. The molecule has 6 nitrogen and oxygen atoms in total. The maximum absolute atomic E-state index is 14.4. The first-order valence-electron chi connectivity index (χ1n) is 6.70. The van der Waals surface area contributed by atoms with E-state index in [1.54, 1.807) is 19.3 Å². The minimum Gasteiger partial charge on any atom is -0.467 e. The fourth-order valence-corrected chi connectivity index (χ4v) is 2.25. The van der Waals surface area contributed by atoms with Crippen molar-refractivity contribution in [1.29, 1.82) is 0 Å². The van der Waals surface area contributed by atoms with Crippen LogP contribution >= 0.6 is 0 Å². The van der Waals surface area contributed by atoms with Crippen molar-refractivity contribution in [1.82, 2.24) is 15.0 Å². The number of hydrogen-bond acceptors (Lipinski definition) is 5. The molecule has 0 saturated heterocycles. The Balaban J connectivity index is 1.99. The number of furan rings is 1. The van der Waals surface area contributed by atoms with Crippen LogP contribution < -0.4 is 11.1 Å². The van der Waals surface area contributed by atoms with Gasteiger partial charge in [-0.2, -0.15) is 0 Å². The predicted octanol–water partition coefficient (Wildman–Crippen LogP) is 2.11. The molecule has 110 valence electrons. The highest BCUT2D eigenvalue weighted by molar-refractivity contribution is 5.88. The molecule has 0 aliphatic carbocycles. The van der Waals surface area contributed by atoms with E-state index in [2.05, 4.69) is 20.3 Å². The molecule has 0 saturated carbocycles. The van der Waals surface area contributed by atoms with Gasteiger partial charge in [-0.05, 0) is 25.6 Å². The summed E-state index contributed by atoms with van der Waals surface area (Å²) in [5, 5.41) is 3.45. The number of aromatic amines is 1.